The maximum absolute atomic E-state index is 5.58. The minimum atomic E-state index is 0.457. The largest absolute Gasteiger partial charge is 0.381 e. The van der Waals surface area contributed by atoms with Gasteiger partial charge in [0.2, 0.25) is 0 Å². The minimum absolute atomic E-state index is 0.457. The van der Waals surface area contributed by atoms with E-state index in [0.717, 1.165) is 18.5 Å². The Bertz CT molecular complexity index is 190. The lowest BCUT2D eigenvalue weighted by Crippen LogP contribution is -2.30. The molecule has 1 heterocycles. The van der Waals surface area contributed by atoms with Crippen molar-refractivity contribution < 1.29 is 4.74 Å². The van der Waals surface area contributed by atoms with E-state index in [9.17, 15) is 0 Å². The molecule has 0 bridgehead atoms. The van der Waals surface area contributed by atoms with Crippen LogP contribution in [0.5, 0.6) is 0 Å². The Balaban J connectivity index is 1.99. The van der Waals surface area contributed by atoms with Gasteiger partial charge in [0.1, 0.15) is 0 Å². The van der Waals surface area contributed by atoms with E-state index in [1.165, 1.54) is 38.5 Å². The third kappa shape index (κ3) is 2.16. The monoisotopic (exact) mass is 260 g/mol. The predicted octanol–water partition coefficient (Wildman–Crippen LogP) is 3.76. The SMILES string of the molecule is CC1(CC2(CBr)CCOC2)CCCC1. The first-order valence-corrected chi connectivity index (χ1v) is 6.94. The van der Waals surface area contributed by atoms with Crippen LogP contribution in [0.25, 0.3) is 0 Å². The third-order valence-electron chi connectivity index (χ3n) is 4.08. The topological polar surface area (TPSA) is 9.23 Å². The first kappa shape index (κ1) is 10.9. The molecule has 0 N–H and O–H groups in total. The van der Waals surface area contributed by atoms with E-state index in [0.29, 0.717) is 10.8 Å². The molecule has 0 amide bonds. The van der Waals surface area contributed by atoms with Gasteiger partial charge in [0.15, 0.2) is 0 Å². The van der Waals surface area contributed by atoms with E-state index < -0.39 is 0 Å². The molecule has 0 aromatic carbocycles. The molecule has 1 aliphatic carbocycles. The Labute approximate surface area is 95.7 Å². The summed E-state index contributed by atoms with van der Waals surface area (Å²) >= 11 is 3.68. The minimum Gasteiger partial charge on any atom is -0.381 e. The number of halogens is 1. The second kappa shape index (κ2) is 4.13. The number of hydrogen-bond acceptors (Lipinski definition) is 1. The van der Waals surface area contributed by atoms with E-state index in [-0.39, 0.29) is 0 Å². The predicted molar refractivity (Wildman–Crippen MR) is 62.9 cm³/mol. The third-order valence-corrected chi connectivity index (χ3v) is 5.27. The summed E-state index contributed by atoms with van der Waals surface area (Å²) in [6, 6.07) is 0. The molecule has 14 heavy (non-hydrogen) atoms. The van der Waals surface area contributed by atoms with Crippen LogP contribution in [0.1, 0.15) is 45.4 Å². The molecule has 1 saturated heterocycles. The molecule has 1 aliphatic heterocycles. The molecule has 0 aromatic heterocycles. The van der Waals surface area contributed by atoms with Gasteiger partial charge in [-0.25, -0.2) is 0 Å². The maximum Gasteiger partial charge on any atom is 0.0531 e. The molecule has 0 radical (unpaired) electrons. The van der Waals surface area contributed by atoms with Crippen molar-refractivity contribution in [3.8, 4) is 0 Å². The first-order chi connectivity index (χ1) is 6.68. The summed E-state index contributed by atoms with van der Waals surface area (Å²) in [6.45, 7) is 4.43. The number of hydrogen-bond donors (Lipinski definition) is 0. The zero-order valence-corrected chi connectivity index (χ0v) is 10.7. The van der Waals surface area contributed by atoms with E-state index in [4.69, 9.17) is 4.74 Å². The molecule has 2 rings (SSSR count). The second-order valence-electron chi connectivity index (χ2n) is 5.63. The molecule has 0 aromatic rings. The van der Waals surface area contributed by atoms with Crippen molar-refractivity contribution in [2.75, 3.05) is 18.5 Å². The van der Waals surface area contributed by atoms with Gasteiger partial charge in [0.25, 0.3) is 0 Å². The van der Waals surface area contributed by atoms with Crippen LogP contribution in [-0.4, -0.2) is 18.5 Å². The molecule has 2 aliphatic rings. The fourth-order valence-electron chi connectivity index (χ4n) is 3.25. The smallest absolute Gasteiger partial charge is 0.0531 e. The van der Waals surface area contributed by atoms with Crippen LogP contribution in [0.3, 0.4) is 0 Å². The fraction of sp³-hybridized carbons (Fsp3) is 1.00. The summed E-state index contributed by atoms with van der Waals surface area (Å²) < 4.78 is 5.58. The molecule has 1 unspecified atom stereocenters. The lowest BCUT2D eigenvalue weighted by atomic mass is 9.71. The second-order valence-corrected chi connectivity index (χ2v) is 6.19. The van der Waals surface area contributed by atoms with Crippen LogP contribution in [-0.2, 0) is 4.74 Å². The molecule has 2 fully saturated rings. The van der Waals surface area contributed by atoms with Gasteiger partial charge in [-0.1, -0.05) is 35.7 Å². The molecule has 1 nitrogen and oxygen atoms in total. The molecular weight excluding hydrogens is 240 g/mol. The van der Waals surface area contributed by atoms with E-state index in [2.05, 4.69) is 22.9 Å². The normalized spacial score (nSPS) is 36.4. The van der Waals surface area contributed by atoms with Crippen LogP contribution in [0.15, 0.2) is 0 Å². The van der Waals surface area contributed by atoms with Gasteiger partial charge < -0.3 is 4.74 Å². The lowest BCUT2D eigenvalue weighted by molar-refractivity contribution is 0.122. The van der Waals surface area contributed by atoms with Crippen LogP contribution in [0.2, 0.25) is 0 Å². The molecule has 1 saturated carbocycles. The highest BCUT2D eigenvalue weighted by Gasteiger charge is 2.41. The molecular formula is C12H21BrO. The van der Waals surface area contributed by atoms with Crippen molar-refractivity contribution in [1.29, 1.82) is 0 Å². The summed E-state index contributed by atoms with van der Waals surface area (Å²) in [5.74, 6) is 0. The number of ether oxygens (including phenoxy) is 1. The quantitative estimate of drug-likeness (QED) is 0.703. The Morgan fingerprint density at radius 2 is 1.93 bits per heavy atom. The molecule has 0 spiro atoms. The van der Waals surface area contributed by atoms with Crippen LogP contribution in [0.4, 0.5) is 0 Å². The molecule has 1 atom stereocenters. The van der Waals surface area contributed by atoms with Crippen molar-refractivity contribution in [1.82, 2.24) is 0 Å². The van der Waals surface area contributed by atoms with Gasteiger partial charge in [-0.2, -0.15) is 0 Å². The van der Waals surface area contributed by atoms with Gasteiger partial charge in [0, 0.05) is 17.4 Å². The van der Waals surface area contributed by atoms with Crippen molar-refractivity contribution >= 4 is 15.9 Å². The van der Waals surface area contributed by atoms with Crippen molar-refractivity contribution in [2.45, 2.75) is 45.4 Å². The molecule has 2 heteroatoms. The van der Waals surface area contributed by atoms with E-state index in [1.54, 1.807) is 0 Å². The van der Waals surface area contributed by atoms with Crippen LogP contribution in [0, 0.1) is 10.8 Å². The Morgan fingerprint density at radius 3 is 2.43 bits per heavy atom. The zero-order chi connectivity index (χ0) is 10.1. The first-order valence-electron chi connectivity index (χ1n) is 5.82. The number of alkyl halides is 1. The standard InChI is InChI=1S/C12H21BrO/c1-11(4-2-3-5-11)8-12(9-13)6-7-14-10-12/h2-10H2,1H3. The van der Waals surface area contributed by atoms with Crippen LogP contribution < -0.4 is 0 Å². The summed E-state index contributed by atoms with van der Waals surface area (Å²) in [6.07, 6.45) is 8.37. The Hall–Kier alpha value is 0.440. The van der Waals surface area contributed by atoms with Crippen LogP contribution >= 0.6 is 15.9 Å². The van der Waals surface area contributed by atoms with Gasteiger partial charge in [-0.3, -0.25) is 0 Å². The van der Waals surface area contributed by atoms with Gasteiger partial charge >= 0.3 is 0 Å². The Morgan fingerprint density at radius 1 is 1.21 bits per heavy atom. The summed E-state index contributed by atoms with van der Waals surface area (Å²) in [7, 11) is 0. The highest BCUT2D eigenvalue weighted by Crippen LogP contribution is 2.49. The summed E-state index contributed by atoms with van der Waals surface area (Å²) in [5.41, 5.74) is 1.07. The molecule has 82 valence electrons. The van der Waals surface area contributed by atoms with Crippen molar-refractivity contribution in [3.63, 3.8) is 0 Å². The summed E-state index contributed by atoms with van der Waals surface area (Å²) in [5, 5.41) is 1.12. The average Bonchev–Trinajstić information content (AvgIpc) is 2.76. The highest BCUT2D eigenvalue weighted by molar-refractivity contribution is 9.09. The van der Waals surface area contributed by atoms with Gasteiger partial charge in [-0.05, 0) is 31.1 Å². The highest BCUT2D eigenvalue weighted by atomic mass is 79.9. The zero-order valence-electron chi connectivity index (χ0n) is 9.15. The maximum atomic E-state index is 5.58. The lowest BCUT2D eigenvalue weighted by Gasteiger charge is -2.35. The van der Waals surface area contributed by atoms with Gasteiger partial charge in [0.05, 0.1) is 6.61 Å². The number of rotatable bonds is 3. The summed E-state index contributed by atoms with van der Waals surface area (Å²) in [4.78, 5) is 0. The van der Waals surface area contributed by atoms with Crippen molar-refractivity contribution in [3.05, 3.63) is 0 Å². The fourth-order valence-corrected chi connectivity index (χ4v) is 3.89. The average molecular weight is 261 g/mol. The van der Waals surface area contributed by atoms with E-state index in [1.807, 2.05) is 0 Å². The van der Waals surface area contributed by atoms with E-state index >= 15 is 0 Å². The van der Waals surface area contributed by atoms with Crippen molar-refractivity contribution in [2.24, 2.45) is 10.8 Å². The Kier molecular flexibility index (Phi) is 3.23. The van der Waals surface area contributed by atoms with Gasteiger partial charge in [-0.15, -0.1) is 0 Å².